The Bertz CT molecular complexity index is 666. The third-order valence-electron chi connectivity index (χ3n) is 4.93. The van der Waals surface area contributed by atoms with Crippen molar-refractivity contribution < 1.29 is 4.79 Å². The third-order valence-corrected chi connectivity index (χ3v) is 5.43. The molecule has 3 rings (SSSR count). The summed E-state index contributed by atoms with van der Waals surface area (Å²) < 4.78 is 1.10. The van der Waals surface area contributed by atoms with Crippen LogP contribution in [0.4, 0.5) is 0 Å². The van der Waals surface area contributed by atoms with Crippen molar-refractivity contribution in [2.45, 2.75) is 32.4 Å². The summed E-state index contributed by atoms with van der Waals surface area (Å²) in [5.74, 6) is 1.09. The molecule has 1 aromatic carbocycles. The average Bonchev–Trinajstić information content (AvgIpc) is 3.42. The molecule has 142 valence electrons. The Kier molecular flexibility index (Phi) is 6.53. The lowest BCUT2D eigenvalue weighted by atomic mass is 10.1. The first-order valence-corrected chi connectivity index (χ1v) is 10.1. The maximum Gasteiger partial charge on any atom is 0.234 e. The number of hydrogen-bond donors (Lipinski definition) is 2. The maximum atomic E-state index is 11.9. The quantitative estimate of drug-likeness (QED) is 0.561. The number of piperazine rings is 1. The normalized spacial score (nSPS) is 18.7. The molecule has 1 aromatic rings. The van der Waals surface area contributed by atoms with Crippen LogP contribution in [0.2, 0.25) is 0 Å². The van der Waals surface area contributed by atoms with Gasteiger partial charge in [0.15, 0.2) is 5.96 Å². The molecule has 1 saturated carbocycles. The minimum Gasteiger partial charge on any atom is -0.352 e. The van der Waals surface area contributed by atoms with E-state index in [0.717, 1.165) is 56.0 Å². The number of aliphatic imine (C=N–C) groups is 1. The molecule has 0 aromatic heterocycles. The van der Waals surface area contributed by atoms with E-state index in [-0.39, 0.29) is 5.91 Å². The first-order chi connectivity index (χ1) is 12.5. The molecule has 0 unspecified atom stereocenters. The summed E-state index contributed by atoms with van der Waals surface area (Å²) in [6, 6.07) is 6.77. The largest absolute Gasteiger partial charge is 0.352 e. The predicted molar refractivity (Wildman–Crippen MR) is 108 cm³/mol. The Balaban J connectivity index is 1.45. The van der Waals surface area contributed by atoms with Gasteiger partial charge >= 0.3 is 0 Å². The number of amides is 1. The number of nitrogens with zero attached hydrogens (tertiary/aromatic N) is 3. The standard InChI is InChI=1S/C19H28BrN5O/c1-14-11-16(20)4-3-15(14)12-22-19(21-2)25-9-7-24(8-10-25)13-18(26)23-17-5-6-17/h3-4,11,17H,5-10,12-13H2,1-2H3,(H,21,22)(H,23,26). The molecule has 26 heavy (non-hydrogen) atoms. The van der Waals surface area contributed by atoms with Crippen LogP contribution in [0.3, 0.4) is 0 Å². The molecule has 7 heteroatoms. The summed E-state index contributed by atoms with van der Waals surface area (Å²) in [6.07, 6.45) is 2.28. The van der Waals surface area contributed by atoms with Gasteiger partial charge in [0.25, 0.3) is 0 Å². The second kappa shape index (κ2) is 8.86. The van der Waals surface area contributed by atoms with Crippen LogP contribution < -0.4 is 10.6 Å². The number of halogens is 1. The fourth-order valence-electron chi connectivity index (χ4n) is 3.19. The van der Waals surface area contributed by atoms with Crippen molar-refractivity contribution in [1.82, 2.24) is 20.4 Å². The molecule has 1 aliphatic carbocycles. The minimum absolute atomic E-state index is 0.161. The molecular formula is C19H28BrN5O. The second-order valence-electron chi connectivity index (χ2n) is 7.08. The molecule has 0 spiro atoms. The van der Waals surface area contributed by atoms with Gasteiger partial charge in [0, 0.05) is 50.3 Å². The van der Waals surface area contributed by atoms with E-state index >= 15 is 0 Å². The summed E-state index contributed by atoms with van der Waals surface area (Å²) in [6.45, 7) is 6.93. The highest BCUT2D eigenvalue weighted by Crippen LogP contribution is 2.18. The molecule has 2 fully saturated rings. The Hall–Kier alpha value is -1.60. The van der Waals surface area contributed by atoms with E-state index in [9.17, 15) is 4.79 Å². The van der Waals surface area contributed by atoms with Crippen LogP contribution in [0, 0.1) is 6.92 Å². The van der Waals surface area contributed by atoms with Gasteiger partial charge in [0.1, 0.15) is 0 Å². The summed E-state index contributed by atoms with van der Waals surface area (Å²) >= 11 is 3.51. The van der Waals surface area contributed by atoms with Gasteiger partial charge in [-0.3, -0.25) is 14.7 Å². The fourth-order valence-corrected chi connectivity index (χ4v) is 3.66. The number of carbonyl (C=O) groups is 1. The van der Waals surface area contributed by atoms with Crippen LogP contribution in [0.25, 0.3) is 0 Å². The van der Waals surface area contributed by atoms with Crippen molar-refractivity contribution in [2.24, 2.45) is 4.99 Å². The second-order valence-corrected chi connectivity index (χ2v) is 7.99. The highest BCUT2D eigenvalue weighted by atomic mass is 79.9. The van der Waals surface area contributed by atoms with E-state index < -0.39 is 0 Å². The zero-order chi connectivity index (χ0) is 18.5. The van der Waals surface area contributed by atoms with Gasteiger partial charge in [0.2, 0.25) is 5.91 Å². The number of benzene rings is 1. The highest BCUT2D eigenvalue weighted by Gasteiger charge is 2.25. The van der Waals surface area contributed by atoms with E-state index in [1.165, 1.54) is 11.1 Å². The Morgan fingerprint density at radius 3 is 2.62 bits per heavy atom. The topological polar surface area (TPSA) is 60.0 Å². The molecule has 1 heterocycles. The Labute approximate surface area is 164 Å². The molecule has 6 nitrogen and oxygen atoms in total. The maximum absolute atomic E-state index is 11.9. The number of hydrogen-bond acceptors (Lipinski definition) is 3. The van der Waals surface area contributed by atoms with Crippen molar-refractivity contribution >= 4 is 27.8 Å². The molecule has 0 atom stereocenters. The van der Waals surface area contributed by atoms with E-state index in [1.807, 2.05) is 7.05 Å². The van der Waals surface area contributed by atoms with E-state index in [2.05, 4.69) is 66.5 Å². The molecular weight excluding hydrogens is 394 g/mol. The van der Waals surface area contributed by atoms with Crippen LogP contribution in [-0.2, 0) is 11.3 Å². The van der Waals surface area contributed by atoms with Crippen LogP contribution in [0.15, 0.2) is 27.7 Å². The lowest BCUT2D eigenvalue weighted by Crippen LogP contribution is -2.54. The van der Waals surface area contributed by atoms with Crippen LogP contribution in [-0.4, -0.2) is 67.5 Å². The predicted octanol–water partition coefficient (Wildman–Crippen LogP) is 1.73. The first kappa shape index (κ1) is 19.2. The molecule has 0 bridgehead atoms. The fraction of sp³-hybridized carbons (Fsp3) is 0.579. The van der Waals surface area contributed by atoms with Gasteiger partial charge in [-0.05, 0) is 43.0 Å². The van der Waals surface area contributed by atoms with E-state index in [4.69, 9.17) is 0 Å². The lowest BCUT2D eigenvalue weighted by molar-refractivity contribution is -0.122. The van der Waals surface area contributed by atoms with Crippen molar-refractivity contribution in [3.8, 4) is 0 Å². The minimum atomic E-state index is 0.161. The SMILES string of the molecule is CN=C(NCc1ccc(Br)cc1C)N1CCN(CC(=O)NC2CC2)CC1. The molecule has 2 N–H and O–H groups in total. The Morgan fingerprint density at radius 1 is 1.27 bits per heavy atom. The van der Waals surface area contributed by atoms with Gasteiger partial charge in [-0.1, -0.05) is 22.0 Å². The van der Waals surface area contributed by atoms with Crippen molar-refractivity contribution in [1.29, 1.82) is 0 Å². The van der Waals surface area contributed by atoms with Crippen molar-refractivity contribution in [2.75, 3.05) is 39.8 Å². The van der Waals surface area contributed by atoms with E-state index in [0.29, 0.717) is 12.6 Å². The van der Waals surface area contributed by atoms with Gasteiger partial charge in [-0.2, -0.15) is 0 Å². The van der Waals surface area contributed by atoms with Gasteiger partial charge < -0.3 is 15.5 Å². The first-order valence-electron chi connectivity index (χ1n) is 9.27. The number of rotatable bonds is 5. The summed E-state index contributed by atoms with van der Waals surface area (Å²) in [7, 11) is 1.83. The summed E-state index contributed by atoms with van der Waals surface area (Å²) in [4.78, 5) is 20.9. The average molecular weight is 422 g/mol. The highest BCUT2D eigenvalue weighted by molar-refractivity contribution is 9.10. The van der Waals surface area contributed by atoms with Gasteiger partial charge in [0.05, 0.1) is 6.54 Å². The van der Waals surface area contributed by atoms with Gasteiger partial charge in [-0.15, -0.1) is 0 Å². The van der Waals surface area contributed by atoms with Gasteiger partial charge in [-0.25, -0.2) is 0 Å². The zero-order valence-corrected chi connectivity index (χ0v) is 17.2. The van der Waals surface area contributed by atoms with Crippen molar-refractivity contribution in [3.05, 3.63) is 33.8 Å². The molecule has 2 aliphatic rings. The molecule has 0 radical (unpaired) electrons. The number of nitrogens with one attached hydrogen (secondary N) is 2. The third kappa shape index (κ3) is 5.45. The lowest BCUT2D eigenvalue weighted by Gasteiger charge is -2.36. The molecule has 1 amide bonds. The van der Waals surface area contributed by atoms with Crippen molar-refractivity contribution in [3.63, 3.8) is 0 Å². The summed E-state index contributed by atoms with van der Waals surface area (Å²) in [5.41, 5.74) is 2.53. The van der Waals surface area contributed by atoms with Crippen LogP contribution in [0.1, 0.15) is 24.0 Å². The smallest absolute Gasteiger partial charge is 0.234 e. The number of guanidine groups is 1. The Morgan fingerprint density at radius 2 is 2.00 bits per heavy atom. The molecule has 1 aliphatic heterocycles. The monoisotopic (exact) mass is 421 g/mol. The number of carbonyl (C=O) groups excluding carboxylic acids is 1. The van der Waals surface area contributed by atoms with Crippen LogP contribution >= 0.6 is 15.9 Å². The number of aryl methyl sites for hydroxylation is 1. The summed E-state index contributed by atoms with van der Waals surface area (Å²) in [5, 5.41) is 6.53. The molecule has 1 saturated heterocycles. The van der Waals surface area contributed by atoms with Crippen LogP contribution in [0.5, 0.6) is 0 Å². The van der Waals surface area contributed by atoms with E-state index in [1.54, 1.807) is 0 Å². The zero-order valence-electron chi connectivity index (χ0n) is 15.6.